The van der Waals surface area contributed by atoms with Gasteiger partial charge in [-0.2, -0.15) is 0 Å². The number of para-hydroxylation sites is 1. The Bertz CT molecular complexity index is 1000. The molecule has 1 saturated heterocycles. The second-order valence-electron chi connectivity index (χ2n) is 9.20. The average molecular weight is 432 g/mol. The number of aromatic nitrogens is 1. The van der Waals surface area contributed by atoms with Crippen LogP contribution in [0.5, 0.6) is 0 Å². The first-order valence-electron chi connectivity index (χ1n) is 9.99. The zero-order valence-electron chi connectivity index (χ0n) is 18.7. The summed E-state index contributed by atoms with van der Waals surface area (Å²) in [5, 5.41) is 4.09. The molecule has 162 valence electrons. The van der Waals surface area contributed by atoms with Gasteiger partial charge in [0.2, 0.25) is 5.91 Å². The van der Waals surface area contributed by atoms with Crippen molar-refractivity contribution in [2.24, 2.45) is 4.99 Å². The Hall–Kier alpha value is -2.32. The summed E-state index contributed by atoms with van der Waals surface area (Å²) < 4.78 is 7.93. The standard InChI is InChI=1S/C22H30N4O3S/c1-14(18-19(27)24-20(23-4)30-18)16-12-25(17-11-9-8-10-15(16)17)21(28)29-13-22(2,3)26(5,6)7/h8-12,14,18H,13H2,1-7H3/p+1. The molecule has 2 heterocycles. The van der Waals surface area contributed by atoms with Gasteiger partial charge < -0.3 is 14.5 Å². The van der Waals surface area contributed by atoms with Gasteiger partial charge in [0.15, 0.2) is 5.17 Å². The number of rotatable bonds is 5. The third-order valence-corrected chi connectivity index (χ3v) is 7.56. The van der Waals surface area contributed by atoms with Crippen LogP contribution in [-0.4, -0.2) is 71.8 Å². The average Bonchev–Trinajstić information content (AvgIpc) is 3.25. The maximum atomic E-state index is 13.0. The number of ether oxygens (including phenoxy) is 1. The van der Waals surface area contributed by atoms with E-state index in [2.05, 4.69) is 45.3 Å². The van der Waals surface area contributed by atoms with Crippen LogP contribution in [0, 0.1) is 0 Å². The molecule has 1 amide bonds. The number of nitrogens with zero attached hydrogens (tertiary/aromatic N) is 3. The van der Waals surface area contributed by atoms with E-state index in [-0.39, 0.29) is 22.6 Å². The highest BCUT2D eigenvalue weighted by Gasteiger charge is 2.37. The van der Waals surface area contributed by atoms with Gasteiger partial charge in [0.05, 0.1) is 31.9 Å². The van der Waals surface area contributed by atoms with Gasteiger partial charge in [-0.25, -0.2) is 4.79 Å². The van der Waals surface area contributed by atoms with Gasteiger partial charge in [-0.15, -0.1) is 0 Å². The molecule has 1 fully saturated rings. The monoisotopic (exact) mass is 431 g/mol. The van der Waals surface area contributed by atoms with Crippen LogP contribution < -0.4 is 5.32 Å². The van der Waals surface area contributed by atoms with Gasteiger partial charge in [-0.3, -0.25) is 14.4 Å². The van der Waals surface area contributed by atoms with Crippen molar-refractivity contribution in [3.8, 4) is 0 Å². The number of thioether (sulfide) groups is 1. The number of hydrogen-bond donors (Lipinski definition) is 1. The summed E-state index contributed by atoms with van der Waals surface area (Å²) >= 11 is 1.43. The van der Waals surface area contributed by atoms with E-state index in [0.717, 1.165) is 16.5 Å². The minimum absolute atomic E-state index is 0.0581. The van der Waals surface area contributed by atoms with Gasteiger partial charge >= 0.3 is 6.09 Å². The number of amidine groups is 1. The second-order valence-corrected chi connectivity index (χ2v) is 10.3. The number of benzene rings is 1. The Kier molecular flexibility index (Phi) is 6.02. The normalized spacial score (nSPS) is 19.9. The van der Waals surface area contributed by atoms with Crippen LogP contribution >= 0.6 is 11.8 Å². The second kappa shape index (κ2) is 8.07. The molecule has 1 aliphatic heterocycles. The molecule has 1 aromatic carbocycles. The summed E-state index contributed by atoms with van der Waals surface area (Å²) in [5.74, 6) is -0.159. The van der Waals surface area contributed by atoms with E-state index in [9.17, 15) is 9.59 Å². The first-order chi connectivity index (χ1) is 14.0. The highest BCUT2D eigenvalue weighted by molar-refractivity contribution is 8.15. The lowest BCUT2D eigenvalue weighted by atomic mass is 9.96. The molecule has 2 unspecified atom stereocenters. The Labute approximate surface area is 182 Å². The number of carbonyl (C=O) groups is 2. The number of fused-ring (bicyclic) bond motifs is 1. The molecule has 2 atom stereocenters. The summed E-state index contributed by atoms with van der Waals surface area (Å²) in [7, 11) is 7.90. The number of quaternary nitrogens is 1. The Balaban J connectivity index is 1.91. The molecule has 1 aliphatic rings. The van der Waals surface area contributed by atoms with Gasteiger partial charge in [0.25, 0.3) is 0 Å². The molecule has 0 radical (unpaired) electrons. The summed E-state index contributed by atoms with van der Waals surface area (Å²) in [4.78, 5) is 29.5. The highest BCUT2D eigenvalue weighted by atomic mass is 32.2. The molecule has 8 heteroatoms. The van der Waals surface area contributed by atoms with Crippen LogP contribution in [0.15, 0.2) is 35.5 Å². The van der Waals surface area contributed by atoms with Crippen LogP contribution in [0.3, 0.4) is 0 Å². The molecule has 0 saturated carbocycles. The first kappa shape index (κ1) is 22.4. The molecule has 1 aromatic heterocycles. The highest BCUT2D eigenvalue weighted by Crippen LogP contribution is 2.37. The van der Waals surface area contributed by atoms with E-state index < -0.39 is 6.09 Å². The predicted molar refractivity (Wildman–Crippen MR) is 122 cm³/mol. The van der Waals surface area contributed by atoms with Crippen LogP contribution in [0.4, 0.5) is 4.79 Å². The minimum atomic E-state index is -0.412. The maximum absolute atomic E-state index is 13.0. The Morgan fingerprint density at radius 3 is 2.60 bits per heavy atom. The van der Waals surface area contributed by atoms with Crippen molar-refractivity contribution in [1.29, 1.82) is 0 Å². The van der Waals surface area contributed by atoms with E-state index in [0.29, 0.717) is 16.3 Å². The number of nitrogens with one attached hydrogen (secondary N) is 1. The van der Waals surface area contributed by atoms with E-state index >= 15 is 0 Å². The minimum Gasteiger partial charge on any atom is -0.442 e. The number of carbonyl (C=O) groups excluding carboxylic acids is 2. The Morgan fingerprint density at radius 2 is 2.00 bits per heavy atom. The lowest BCUT2D eigenvalue weighted by molar-refractivity contribution is -0.919. The zero-order chi connectivity index (χ0) is 22.3. The molecular formula is C22H31N4O3S+. The van der Waals surface area contributed by atoms with Crippen LogP contribution in [0.25, 0.3) is 10.9 Å². The van der Waals surface area contributed by atoms with Crippen LogP contribution in [-0.2, 0) is 9.53 Å². The molecular weight excluding hydrogens is 400 g/mol. The van der Waals surface area contributed by atoms with E-state index in [1.165, 1.54) is 11.8 Å². The summed E-state index contributed by atoms with van der Waals surface area (Å²) in [5.41, 5.74) is 1.49. The topological polar surface area (TPSA) is 72.7 Å². The van der Waals surface area contributed by atoms with Gasteiger partial charge in [0, 0.05) is 24.5 Å². The fourth-order valence-electron chi connectivity index (χ4n) is 3.20. The Morgan fingerprint density at radius 1 is 1.33 bits per heavy atom. The number of hydrogen-bond acceptors (Lipinski definition) is 5. The fraction of sp³-hybridized carbons (Fsp3) is 0.500. The molecule has 3 rings (SSSR count). The third-order valence-electron chi connectivity index (χ3n) is 6.18. The van der Waals surface area contributed by atoms with Crippen molar-refractivity contribution < 1.29 is 18.8 Å². The van der Waals surface area contributed by atoms with Crippen molar-refractivity contribution in [2.75, 3.05) is 34.8 Å². The zero-order valence-corrected chi connectivity index (χ0v) is 19.5. The number of likely N-dealkylation sites (N-methyl/N-ethyl adjacent to an activating group) is 1. The first-order valence-corrected chi connectivity index (χ1v) is 10.9. The van der Waals surface area contributed by atoms with Gasteiger partial charge in [0.1, 0.15) is 12.1 Å². The van der Waals surface area contributed by atoms with Crippen molar-refractivity contribution in [2.45, 2.75) is 37.5 Å². The maximum Gasteiger partial charge on any atom is 0.418 e. The molecule has 0 aliphatic carbocycles. The molecule has 0 bridgehead atoms. The largest absolute Gasteiger partial charge is 0.442 e. The van der Waals surface area contributed by atoms with Crippen molar-refractivity contribution in [1.82, 2.24) is 9.88 Å². The SMILES string of the molecule is CN=C1NC(=O)C(C(C)c2cn(C(=O)OCC(C)(C)[N+](C)(C)C)c3ccccc23)S1. The van der Waals surface area contributed by atoms with Gasteiger partial charge in [-0.05, 0) is 25.5 Å². The molecule has 0 spiro atoms. The lowest BCUT2D eigenvalue weighted by Crippen LogP contribution is -2.56. The van der Waals surface area contributed by atoms with Crippen molar-refractivity contribution in [3.05, 3.63) is 36.0 Å². The summed E-state index contributed by atoms with van der Waals surface area (Å²) in [6.07, 6.45) is 1.40. The summed E-state index contributed by atoms with van der Waals surface area (Å²) in [6.45, 7) is 6.45. The number of aliphatic imine (C=N–C) groups is 1. The van der Waals surface area contributed by atoms with E-state index in [1.807, 2.05) is 37.4 Å². The smallest absolute Gasteiger partial charge is 0.418 e. The summed E-state index contributed by atoms with van der Waals surface area (Å²) in [6, 6.07) is 7.72. The predicted octanol–water partition coefficient (Wildman–Crippen LogP) is 3.43. The van der Waals surface area contributed by atoms with E-state index in [4.69, 9.17) is 4.74 Å². The molecule has 2 aromatic rings. The van der Waals surface area contributed by atoms with Crippen LogP contribution in [0.1, 0.15) is 32.3 Å². The van der Waals surface area contributed by atoms with E-state index in [1.54, 1.807) is 11.6 Å². The lowest BCUT2D eigenvalue weighted by Gasteiger charge is -2.40. The van der Waals surface area contributed by atoms with Crippen molar-refractivity contribution in [3.63, 3.8) is 0 Å². The third kappa shape index (κ3) is 4.11. The molecule has 30 heavy (non-hydrogen) atoms. The molecule has 1 N–H and O–H groups in total. The van der Waals surface area contributed by atoms with Crippen molar-refractivity contribution >= 4 is 39.8 Å². The van der Waals surface area contributed by atoms with Crippen LogP contribution in [0.2, 0.25) is 0 Å². The quantitative estimate of drug-likeness (QED) is 0.736. The molecule has 7 nitrogen and oxygen atoms in total. The fourth-order valence-corrected chi connectivity index (χ4v) is 4.22. The number of amides is 1. The van der Waals surface area contributed by atoms with Gasteiger partial charge in [-0.1, -0.05) is 36.9 Å².